The Kier molecular flexibility index (Phi) is 10.1. The van der Waals surface area contributed by atoms with Crippen LogP contribution < -0.4 is 10.6 Å². The second kappa shape index (κ2) is 14.6. The van der Waals surface area contributed by atoms with Crippen LogP contribution in [0, 0.1) is 5.92 Å². The van der Waals surface area contributed by atoms with Crippen molar-refractivity contribution >= 4 is 39.3 Å². The van der Waals surface area contributed by atoms with Crippen molar-refractivity contribution in [3.8, 4) is 11.1 Å². The summed E-state index contributed by atoms with van der Waals surface area (Å²) in [6, 6.07) is 32.4. The van der Waals surface area contributed by atoms with Crippen LogP contribution in [0.3, 0.4) is 0 Å². The van der Waals surface area contributed by atoms with Gasteiger partial charge in [-0.3, -0.25) is 0 Å². The molecule has 7 nitrogen and oxygen atoms in total. The molecule has 232 valence electrons. The number of aromatic nitrogens is 1. The van der Waals surface area contributed by atoms with Crippen molar-refractivity contribution < 1.29 is 19.4 Å². The lowest BCUT2D eigenvalue weighted by Crippen LogP contribution is -2.38. The molecule has 0 radical (unpaired) electrons. The molecule has 0 bridgehead atoms. The number of rotatable bonds is 10. The molecular weight excluding hydrogens is 603 g/mol. The molecule has 45 heavy (non-hydrogen) atoms. The number of carbonyl (C=O) groups is 1. The first-order valence-electron chi connectivity index (χ1n) is 15.2. The summed E-state index contributed by atoms with van der Waals surface area (Å²) in [7, 11) is 0. The number of urea groups is 1. The number of aliphatic hydroxyl groups excluding tert-OH is 1. The number of hydrogen-bond donors (Lipinski definition) is 3. The Morgan fingerprint density at radius 3 is 2.40 bits per heavy atom. The van der Waals surface area contributed by atoms with Gasteiger partial charge in [0.15, 0.2) is 10.6 Å². The maximum atomic E-state index is 12.0. The molecule has 2 amide bonds. The van der Waals surface area contributed by atoms with Gasteiger partial charge in [0, 0.05) is 30.3 Å². The van der Waals surface area contributed by atoms with Crippen molar-refractivity contribution in [1.29, 1.82) is 0 Å². The quantitative estimate of drug-likeness (QED) is 0.135. The summed E-state index contributed by atoms with van der Waals surface area (Å²) >= 11 is 3.44. The highest BCUT2D eigenvalue weighted by molar-refractivity contribution is 8.01. The van der Waals surface area contributed by atoms with E-state index in [9.17, 15) is 9.90 Å². The Hall–Kier alpha value is -3.73. The minimum atomic E-state index is -0.548. The van der Waals surface area contributed by atoms with Crippen molar-refractivity contribution in [2.75, 3.05) is 12.3 Å². The van der Waals surface area contributed by atoms with Crippen LogP contribution in [0.15, 0.2) is 101 Å². The summed E-state index contributed by atoms with van der Waals surface area (Å²) in [4.78, 5) is 16.8. The lowest BCUT2D eigenvalue weighted by Gasteiger charge is -2.41. The molecule has 1 aromatic heterocycles. The third-order valence-corrected chi connectivity index (χ3v) is 10.3. The summed E-state index contributed by atoms with van der Waals surface area (Å²) in [5.41, 5.74) is 7.04. The highest BCUT2D eigenvalue weighted by atomic mass is 32.2. The van der Waals surface area contributed by atoms with Gasteiger partial charge in [0.1, 0.15) is 0 Å². The van der Waals surface area contributed by atoms with E-state index in [1.165, 1.54) is 4.70 Å². The smallest absolute Gasteiger partial charge is 0.315 e. The number of benzene rings is 4. The first kappa shape index (κ1) is 31.3. The van der Waals surface area contributed by atoms with Crippen LogP contribution >= 0.6 is 23.1 Å². The molecule has 5 aromatic rings. The lowest BCUT2D eigenvalue weighted by molar-refractivity contribution is -0.268. The van der Waals surface area contributed by atoms with Crippen molar-refractivity contribution in [1.82, 2.24) is 15.6 Å². The minimum Gasteiger partial charge on any atom is -0.392 e. The number of carbonyl (C=O) groups excluding carboxylic acids is 1. The van der Waals surface area contributed by atoms with E-state index in [-0.39, 0.29) is 30.8 Å². The van der Waals surface area contributed by atoms with E-state index in [1.54, 1.807) is 23.1 Å². The predicted octanol–water partition coefficient (Wildman–Crippen LogP) is 7.86. The van der Waals surface area contributed by atoms with E-state index in [1.807, 2.05) is 67.6 Å². The largest absolute Gasteiger partial charge is 0.392 e. The van der Waals surface area contributed by atoms with E-state index in [0.717, 1.165) is 49.0 Å². The van der Waals surface area contributed by atoms with E-state index in [2.05, 4.69) is 54.0 Å². The Morgan fingerprint density at radius 2 is 1.64 bits per heavy atom. The highest BCUT2D eigenvalue weighted by Gasteiger charge is 2.38. The number of fused-ring (bicyclic) bond motifs is 1. The average Bonchev–Trinajstić information content (AvgIpc) is 3.50. The van der Waals surface area contributed by atoms with Crippen LogP contribution in [0.4, 0.5) is 4.79 Å². The topological polar surface area (TPSA) is 92.7 Å². The van der Waals surface area contributed by atoms with E-state index in [0.29, 0.717) is 13.1 Å². The van der Waals surface area contributed by atoms with Crippen LogP contribution in [0.5, 0.6) is 0 Å². The van der Waals surface area contributed by atoms with Gasteiger partial charge >= 0.3 is 6.03 Å². The molecule has 4 atom stereocenters. The molecule has 2 heterocycles. The monoisotopic (exact) mass is 639 g/mol. The number of amides is 2. The van der Waals surface area contributed by atoms with Crippen molar-refractivity contribution in [3.63, 3.8) is 0 Å². The van der Waals surface area contributed by atoms with E-state index >= 15 is 0 Å². The number of hydrogen-bond acceptors (Lipinski definition) is 7. The number of aliphatic hydroxyl groups is 1. The van der Waals surface area contributed by atoms with Gasteiger partial charge in [0.05, 0.1) is 29.0 Å². The molecule has 0 aliphatic carbocycles. The molecule has 4 unspecified atom stereocenters. The van der Waals surface area contributed by atoms with Crippen molar-refractivity contribution in [2.24, 2.45) is 5.92 Å². The average molecular weight is 640 g/mol. The Labute approximate surface area is 272 Å². The maximum Gasteiger partial charge on any atom is 0.315 e. The molecular formula is C36H37N3O4S2. The van der Waals surface area contributed by atoms with Crippen LogP contribution in [-0.2, 0) is 22.6 Å². The van der Waals surface area contributed by atoms with Gasteiger partial charge in [0.25, 0.3) is 0 Å². The second-order valence-corrected chi connectivity index (χ2v) is 13.4. The van der Waals surface area contributed by atoms with Crippen LogP contribution in [-0.4, -0.2) is 34.5 Å². The molecule has 1 fully saturated rings. The molecule has 4 aromatic carbocycles. The molecule has 1 aliphatic rings. The number of thioether (sulfide) groups is 1. The second-order valence-electron chi connectivity index (χ2n) is 11.1. The number of ether oxygens (including phenoxy) is 2. The van der Waals surface area contributed by atoms with Gasteiger partial charge in [-0.05, 0) is 46.9 Å². The summed E-state index contributed by atoms with van der Waals surface area (Å²) in [6.07, 6.45) is -0.810. The Balaban J connectivity index is 1.23. The SMILES string of the molecule is CCNC(=O)NCc1ccccc1-c1ccc(C2OC(CSc3nc4ccccc4s3)C(C)C(c3ccc(CO)cc3)O2)cc1. The number of thiazole rings is 1. The fourth-order valence-electron chi connectivity index (χ4n) is 5.55. The predicted molar refractivity (Wildman–Crippen MR) is 181 cm³/mol. The Morgan fingerprint density at radius 1 is 0.911 bits per heavy atom. The van der Waals surface area contributed by atoms with Gasteiger partial charge in [-0.25, -0.2) is 9.78 Å². The van der Waals surface area contributed by atoms with Crippen LogP contribution in [0.1, 0.15) is 48.5 Å². The Bertz CT molecular complexity index is 1690. The molecule has 3 N–H and O–H groups in total. The van der Waals surface area contributed by atoms with Crippen molar-refractivity contribution in [2.45, 2.75) is 49.8 Å². The molecule has 1 saturated heterocycles. The zero-order valence-electron chi connectivity index (χ0n) is 25.3. The molecule has 0 spiro atoms. The van der Waals surface area contributed by atoms with Gasteiger partial charge in [0.2, 0.25) is 0 Å². The summed E-state index contributed by atoms with van der Waals surface area (Å²) < 4.78 is 15.6. The van der Waals surface area contributed by atoms with Crippen molar-refractivity contribution in [3.05, 3.63) is 119 Å². The summed E-state index contributed by atoms with van der Waals surface area (Å²) in [6.45, 7) is 5.09. The van der Waals surface area contributed by atoms with Gasteiger partial charge in [-0.1, -0.05) is 104 Å². The first-order chi connectivity index (χ1) is 22.0. The number of nitrogens with zero attached hydrogens (tertiary/aromatic N) is 1. The van der Waals surface area contributed by atoms with Gasteiger partial charge in [-0.15, -0.1) is 11.3 Å². The van der Waals surface area contributed by atoms with Gasteiger partial charge < -0.3 is 25.2 Å². The zero-order valence-corrected chi connectivity index (χ0v) is 26.9. The van der Waals surface area contributed by atoms with Crippen LogP contribution in [0.2, 0.25) is 0 Å². The summed E-state index contributed by atoms with van der Waals surface area (Å²) in [5, 5.41) is 15.3. The fourth-order valence-corrected chi connectivity index (χ4v) is 7.81. The number of nitrogens with one attached hydrogen (secondary N) is 2. The first-order valence-corrected chi connectivity index (χ1v) is 17.0. The maximum absolute atomic E-state index is 12.0. The fraction of sp³-hybridized carbons (Fsp3) is 0.278. The third-order valence-electron chi connectivity index (χ3n) is 8.06. The van der Waals surface area contributed by atoms with E-state index in [4.69, 9.17) is 14.5 Å². The van der Waals surface area contributed by atoms with Crippen LogP contribution in [0.25, 0.3) is 21.3 Å². The highest BCUT2D eigenvalue weighted by Crippen LogP contribution is 2.44. The van der Waals surface area contributed by atoms with E-state index < -0.39 is 6.29 Å². The summed E-state index contributed by atoms with van der Waals surface area (Å²) in [5.74, 6) is 0.836. The number of para-hydroxylation sites is 1. The standard InChI is InChI=1S/C36H37N3O4S2/c1-3-37-35(41)38-20-28-8-4-5-9-29(28)25-16-18-27(19-17-25)34-42-31(22-44-36-39-30-10-6-7-11-32(30)45-36)23(2)33(43-34)26-14-12-24(21-40)13-15-26/h4-19,23,31,33-34,40H,3,20-22H2,1-2H3,(H2,37,38,41). The molecule has 6 rings (SSSR count). The molecule has 1 aliphatic heterocycles. The zero-order chi connectivity index (χ0) is 31.2. The normalized spacial score (nSPS) is 19.8. The lowest BCUT2D eigenvalue weighted by atomic mass is 9.91. The third kappa shape index (κ3) is 7.40. The minimum absolute atomic E-state index is 0.00595. The molecule has 0 saturated carbocycles. The molecule has 9 heteroatoms. The van der Waals surface area contributed by atoms with Gasteiger partial charge in [-0.2, -0.15) is 0 Å².